The summed E-state index contributed by atoms with van der Waals surface area (Å²) in [6.07, 6.45) is 5.38. The molecule has 1 aliphatic rings. The van der Waals surface area contributed by atoms with Gasteiger partial charge in [0.15, 0.2) is 0 Å². The summed E-state index contributed by atoms with van der Waals surface area (Å²) in [7, 11) is 4.07. The fraction of sp³-hybridized carbons (Fsp3) is 0.591. The summed E-state index contributed by atoms with van der Waals surface area (Å²) in [6, 6.07) is 5.91. The molecule has 0 saturated heterocycles. The second-order valence-corrected chi connectivity index (χ2v) is 8.88. The number of hydrogen-bond acceptors (Lipinski definition) is 3. The highest BCUT2D eigenvalue weighted by molar-refractivity contribution is 5.98. The Morgan fingerprint density at radius 2 is 2.00 bits per heavy atom. The van der Waals surface area contributed by atoms with Crippen LogP contribution < -0.4 is 5.73 Å². The van der Waals surface area contributed by atoms with Crippen LogP contribution >= 0.6 is 0 Å². The number of allylic oxidation sites excluding steroid dienone is 2. The van der Waals surface area contributed by atoms with E-state index in [9.17, 15) is 4.79 Å². The molecule has 2 N–H and O–H groups in total. The number of nitrogens with two attached hydrogens (primary N) is 1. The lowest BCUT2D eigenvalue weighted by molar-refractivity contribution is -0.0269. The van der Waals surface area contributed by atoms with Crippen LogP contribution in [0.25, 0.3) is 5.57 Å². The van der Waals surface area contributed by atoms with Crippen molar-refractivity contribution in [2.24, 2.45) is 11.1 Å². The first-order valence-electron chi connectivity index (χ1n) is 9.44. The number of carbonyl (C=O) groups is 1. The standard InChI is InChI=1S/C22H34N2O2/c1-21(2)11-9-16(10-12-21)19-15-17(7-8-18(19)20(23)25)22(3,4)26-14-13-24(5)6/h7-9,15H,10-14H2,1-6H3,(H2,23,25). The maximum Gasteiger partial charge on any atom is 0.249 e. The summed E-state index contributed by atoms with van der Waals surface area (Å²) >= 11 is 0. The highest BCUT2D eigenvalue weighted by Gasteiger charge is 2.27. The van der Waals surface area contributed by atoms with Gasteiger partial charge in [0.05, 0.1) is 12.2 Å². The van der Waals surface area contributed by atoms with Gasteiger partial charge in [0.1, 0.15) is 0 Å². The molecule has 0 spiro atoms. The Kier molecular flexibility index (Phi) is 6.30. The summed E-state index contributed by atoms with van der Waals surface area (Å²) in [5.74, 6) is -0.372. The quantitative estimate of drug-likeness (QED) is 0.795. The Morgan fingerprint density at radius 3 is 2.54 bits per heavy atom. The van der Waals surface area contributed by atoms with Crippen molar-refractivity contribution in [1.29, 1.82) is 0 Å². The van der Waals surface area contributed by atoms with Crippen LogP contribution in [0.15, 0.2) is 24.3 Å². The van der Waals surface area contributed by atoms with E-state index >= 15 is 0 Å². The molecule has 4 heteroatoms. The predicted octanol–water partition coefficient (Wildman–Crippen LogP) is 4.19. The zero-order chi connectivity index (χ0) is 19.5. The molecule has 0 bridgehead atoms. The Labute approximate surface area is 158 Å². The zero-order valence-electron chi connectivity index (χ0n) is 17.2. The second kappa shape index (κ2) is 7.93. The van der Waals surface area contributed by atoms with Crippen molar-refractivity contribution in [3.8, 4) is 0 Å². The van der Waals surface area contributed by atoms with Gasteiger partial charge in [-0.3, -0.25) is 4.79 Å². The summed E-state index contributed by atoms with van der Waals surface area (Å²) in [6.45, 7) is 10.2. The van der Waals surface area contributed by atoms with Crippen molar-refractivity contribution in [3.63, 3.8) is 0 Å². The number of carbonyl (C=O) groups excluding carboxylic acids is 1. The van der Waals surface area contributed by atoms with Gasteiger partial charge < -0.3 is 15.4 Å². The topological polar surface area (TPSA) is 55.6 Å². The molecule has 1 aliphatic carbocycles. The third kappa shape index (κ3) is 5.18. The molecule has 0 saturated carbocycles. The van der Waals surface area contributed by atoms with Crippen molar-refractivity contribution in [3.05, 3.63) is 41.0 Å². The van der Waals surface area contributed by atoms with Gasteiger partial charge >= 0.3 is 0 Å². The molecule has 0 aromatic heterocycles. The molecule has 1 aromatic rings. The fourth-order valence-corrected chi connectivity index (χ4v) is 3.29. The normalized spacial score (nSPS) is 17.3. The first-order chi connectivity index (χ1) is 12.0. The van der Waals surface area contributed by atoms with Gasteiger partial charge in [-0.1, -0.05) is 26.0 Å². The minimum absolute atomic E-state index is 0.322. The van der Waals surface area contributed by atoms with E-state index in [1.807, 2.05) is 26.2 Å². The van der Waals surface area contributed by atoms with Crippen molar-refractivity contribution >= 4 is 11.5 Å². The minimum atomic E-state index is -0.421. The van der Waals surface area contributed by atoms with E-state index in [1.165, 1.54) is 5.57 Å². The molecule has 0 radical (unpaired) electrons. The van der Waals surface area contributed by atoms with Gasteiger partial charge in [-0.25, -0.2) is 0 Å². The smallest absolute Gasteiger partial charge is 0.249 e. The number of ether oxygens (including phenoxy) is 1. The Hall–Kier alpha value is -1.65. The number of hydrogen-bond donors (Lipinski definition) is 1. The van der Waals surface area contributed by atoms with Crippen LogP contribution in [0.4, 0.5) is 0 Å². The summed E-state index contributed by atoms with van der Waals surface area (Å²) in [5.41, 5.74) is 9.41. The Balaban J connectivity index is 2.33. The fourth-order valence-electron chi connectivity index (χ4n) is 3.29. The van der Waals surface area contributed by atoms with Gasteiger partial charge in [0.25, 0.3) is 0 Å². The summed E-state index contributed by atoms with van der Waals surface area (Å²) in [4.78, 5) is 14.1. The number of primary amides is 1. The predicted molar refractivity (Wildman–Crippen MR) is 108 cm³/mol. The summed E-state index contributed by atoms with van der Waals surface area (Å²) in [5, 5.41) is 0. The molecule has 0 unspecified atom stereocenters. The van der Waals surface area contributed by atoms with Crippen LogP contribution in [0, 0.1) is 5.41 Å². The van der Waals surface area contributed by atoms with E-state index in [2.05, 4.69) is 44.7 Å². The van der Waals surface area contributed by atoms with Crippen molar-refractivity contribution in [1.82, 2.24) is 4.90 Å². The lowest BCUT2D eigenvalue weighted by Crippen LogP contribution is -2.27. The molecule has 2 rings (SSSR count). The van der Waals surface area contributed by atoms with Gasteiger partial charge in [-0.15, -0.1) is 0 Å². The van der Waals surface area contributed by atoms with Crippen LogP contribution in [0.5, 0.6) is 0 Å². The third-order valence-electron chi connectivity index (χ3n) is 5.30. The van der Waals surface area contributed by atoms with E-state index in [-0.39, 0.29) is 5.91 Å². The lowest BCUT2D eigenvalue weighted by atomic mass is 9.76. The molecular weight excluding hydrogens is 324 g/mol. The maximum absolute atomic E-state index is 12.0. The van der Waals surface area contributed by atoms with Crippen molar-refractivity contribution in [2.75, 3.05) is 27.2 Å². The first kappa shape index (κ1) is 20.7. The van der Waals surface area contributed by atoms with Crippen LogP contribution in [0.2, 0.25) is 0 Å². The molecule has 1 aromatic carbocycles. The second-order valence-electron chi connectivity index (χ2n) is 8.88. The molecule has 26 heavy (non-hydrogen) atoms. The van der Waals surface area contributed by atoms with Crippen LogP contribution in [0.3, 0.4) is 0 Å². The molecule has 0 heterocycles. The number of rotatable bonds is 7. The van der Waals surface area contributed by atoms with Gasteiger partial charge in [-0.05, 0) is 81.5 Å². The van der Waals surface area contributed by atoms with E-state index < -0.39 is 5.60 Å². The Morgan fingerprint density at radius 1 is 1.31 bits per heavy atom. The highest BCUT2D eigenvalue weighted by Crippen LogP contribution is 2.39. The summed E-state index contributed by atoms with van der Waals surface area (Å²) < 4.78 is 6.12. The van der Waals surface area contributed by atoms with Crippen molar-refractivity contribution in [2.45, 2.75) is 52.6 Å². The molecule has 0 atom stereocenters. The van der Waals surface area contributed by atoms with Crippen LogP contribution in [-0.2, 0) is 10.3 Å². The minimum Gasteiger partial charge on any atom is -0.370 e. The molecule has 144 valence electrons. The maximum atomic E-state index is 12.0. The van der Waals surface area contributed by atoms with E-state index in [0.717, 1.165) is 36.9 Å². The van der Waals surface area contributed by atoms with Gasteiger partial charge in [0, 0.05) is 12.1 Å². The van der Waals surface area contributed by atoms with Gasteiger partial charge in [0.2, 0.25) is 5.91 Å². The highest BCUT2D eigenvalue weighted by atomic mass is 16.5. The molecule has 0 fully saturated rings. The monoisotopic (exact) mass is 358 g/mol. The average Bonchev–Trinajstić information content (AvgIpc) is 2.53. The van der Waals surface area contributed by atoms with Gasteiger partial charge in [-0.2, -0.15) is 0 Å². The number of likely N-dealkylation sites (N-methyl/N-ethyl adjacent to an activating group) is 1. The largest absolute Gasteiger partial charge is 0.370 e. The third-order valence-corrected chi connectivity index (χ3v) is 5.30. The lowest BCUT2D eigenvalue weighted by Gasteiger charge is -2.31. The van der Waals surface area contributed by atoms with E-state index in [4.69, 9.17) is 10.5 Å². The molecule has 0 aliphatic heterocycles. The Bertz CT molecular complexity index is 687. The average molecular weight is 359 g/mol. The number of nitrogens with zero attached hydrogens (tertiary/aromatic N) is 1. The van der Waals surface area contributed by atoms with Crippen LogP contribution in [-0.4, -0.2) is 38.1 Å². The molecule has 4 nitrogen and oxygen atoms in total. The zero-order valence-corrected chi connectivity index (χ0v) is 17.2. The molecular formula is C22H34N2O2. The van der Waals surface area contributed by atoms with Crippen LogP contribution in [0.1, 0.15) is 68.4 Å². The molecule has 1 amide bonds. The number of amides is 1. The SMILES string of the molecule is CN(C)CCOC(C)(C)c1ccc(C(N)=O)c(C2=CCC(C)(C)CC2)c1. The van der Waals surface area contributed by atoms with E-state index in [1.54, 1.807) is 0 Å². The first-order valence-corrected chi connectivity index (χ1v) is 9.44. The van der Waals surface area contributed by atoms with Crippen molar-refractivity contribution < 1.29 is 9.53 Å². The number of benzene rings is 1. The van der Waals surface area contributed by atoms with E-state index in [0.29, 0.717) is 17.6 Å².